The third kappa shape index (κ3) is 3.22. The molecule has 4 heteroatoms. The van der Waals surface area contributed by atoms with Gasteiger partial charge < -0.3 is 11.1 Å². The minimum Gasteiger partial charge on any atom is -0.325 e. The molecule has 1 amide bonds. The predicted octanol–water partition coefficient (Wildman–Crippen LogP) is 3.23. The Morgan fingerprint density at radius 3 is 2.86 bits per heavy atom. The molecule has 0 bridgehead atoms. The number of hydrogen-bond donors (Lipinski definition) is 2. The van der Waals surface area contributed by atoms with E-state index in [4.69, 9.17) is 5.73 Å². The van der Waals surface area contributed by atoms with Crippen LogP contribution in [0.25, 0.3) is 10.8 Å². The van der Waals surface area contributed by atoms with Gasteiger partial charge in [-0.05, 0) is 30.4 Å². The number of anilines is 1. The van der Waals surface area contributed by atoms with E-state index in [1.165, 1.54) is 6.42 Å². The van der Waals surface area contributed by atoms with E-state index in [0.717, 1.165) is 42.1 Å². The Kier molecular flexibility index (Phi) is 3.88. The lowest BCUT2D eigenvalue weighted by Gasteiger charge is -2.32. The lowest BCUT2D eigenvalue weighted by Crippen LogP contribution is -2.44. The zero-order valence-corrected chi connectivity index (χ0v) is 12.1. The molecule has 1 aliphatic carbocycles. The van der Waals surface area contributed by atoms with E-state index in [-0.39, 0.29) is 11.4 Å². The van der Waals surface area contributed by atoms with Crippen LogP contribution in [0.4, 0.5) is 5.69 Å². The minimum atomic E-state index is -0.328. The van der Waals surface area contributed by atoms with Crippen LogP contribution < -0.4 is 11.1 Å². The van der Waals surface area contributed by atoms with Crippen molar-refractivity contribution < 1.29 is 4.79 Å². The van der Waals surface area contributed by atoms with Gasteiger partial charge in [0.1, 0.15) is 0 Å². The molecular formula is C17H21N3O. The van der Waals surface area contributed by atoms with Crippen LogP contribution in [0.1, 0.15) is 38.5 Å². The number of fused-ring (bicyclic) bond motifs is 1. The van der Waals surface area contributed by atoms with E-state index in [9.17, 15) is 4.79 Å². The molecule has 1 aliphatic rings. The van der Waals surface area contributed by atoms with Crippen molar-refractivity contribution in [3.05, 3.63) is 36.7 Å². The smallest absolute Gasteiger partial charge is 0.226 e. The van der Waals surface area contributed by atoms with E-state index in [0.29, 0.717) is 6.42 Å². The SMILES string of the molecule is NC1(CC(=O)Nc2cccc3ccncc23)CCCCC1. The highest BCUT2D eigenvalue weighted by Crippen LogP contribution is 2.29. The van der Waals surface area contributed by atoms with Crippen molar-refractivity contribution in [3.63, 3.8) is 0 Å². The number of nitrogens with two attached hydrogens (primary N) is 1. The van der Waals surface area contributed by atoms with Gasteiger partial charge in [0, 0.05) is 29.7 Å². The van der Waals surface area contributed by atoms with Crippen LogP contribution in [0, 0.1) is 0 Å². The number of carbonyl (C=O) groups is 1. The first-order valence-corrected chi connectivity index (χ1v) is 7.58. The quantitative estimate of drug-likeness (QED) is 0.908. The summed E-state index contributed by atoms with van der Waals surface area (Å²) in [6, 6.07) is 7.80. The highest BCUT2D eigenvalue weighted by molar-refractivity contribution is 6.01. The first kappa shape index (κ1) is 14.0. The van der Waals surface area contributed by atoms with Gasteiger partial charge in [0.25, 0.3) is 0 Å². The number of hydrogen-bond acceptors (Lipinski definition) is 3. The van der Waals surface area contributed by atoms with Crippen LogP contribution in [-0.4, -0.2) is 16.4 Å². The first-order valence-electron chi connectivity index (χ1n) is 7.58. The van der Waals surface area contributed by atoms with Crippen molar-refractivity contribution in [3.8, 4) is 0 Å². The third-order valence-corrected chi connectivity index (χ3v) is 4.32. The van der Waals surface area contributed by atoms with Crippen molar-refractivity contribution in [2.24, 2.45) is 5.73 Å². The second kappa shape index (κ2) is 5.82. The highest BCUT2D eigenvalue weighted by atomic mass is 16.1. The Labute approximate surface area is 124 Å². The molecule has 1 fully saturated rings. The zero-order chi connectivity index (χ0) is 14.7. The van der Waals surface area contributed by atoms with Gasteiger partial charge >= 0.3 is 0 Å². The summed E-state index contributed by atoms with van der Waals surface area (Å²) in [5.41, 5.74) is 6.84. The molecule has 21 heavy (non-hydrogen) atoms. The number of pyridine rings is 1. The number of nitrogens with zero attached hydrogens (tertiary/aromatic N) is 1. The first-order chi connectivity index (χ1) is 10.2. The summed E-state index contributed by atoms with van der Waals surface area (Å²) in [4.78, 5) is 16.5. The van der Waals surface area contributed by atoms with Crippen molar-refractivity contribution in [2.75, 3.05) is 5.32 Å². The Hall–Kier alpha value is -1.94. The van der Waals surface area contributed by atoms with Crippen LogP contribution in [-0.2, 0) is 4.79 Å². The average Bonchev–Trinajstić information content (AvgIpc) is 2.48. The van der Waals surface area contributed by atoms with Gasteiger partial charge in [-0.15, -0.1) is 0 Å². The fourth-order valence-corrected chi connectivity index (χ4v) is 3.17. The van der Waals surface area contributed by atoms with E-state index in [1.807, 2.05) is 24.3 Å². The Balaban J connectivity index is 1.74. The maximum absolute atomic E-state index is 12.3. The largest absolute Gasteiger partial charge is 0.325 e. The average molecular weight is 283 g/mol. The van der Waals surface area contributed by atoms with Crippen LogP contribution in [0.3, 0.4) is 0 Å². The molecule has 3 N–H and O–H groups in total. The van der Waals surface area contributed by atoms with Gasteiger partial charge in [-0.3, -0.25) is 9.78 Å². The predicted molar refractivity (Wildman–Crippen MR) is 85.0 cm³/mol. The van der Waals surface area contributed by atoms with Crippen molar-refractivity contribution in [2.45, 2.75) is 44.1 Å². The van der Waals surface area contributed by atoms with E-state index in [1.54, 1.807) is 12.4 Å². The second-order valence-electron chi connectivity index (χ2n) is 6.05. The van der Waals surface area contributed by atoms with Crippen molar-refractivity contribution in [1.29, 1.82) is 0 Å². The monoisotopic (exact) mass is 283 g/mol. The lowest BCUT2D eigenvalue weighted by atomic mass is 9.80. The summed E-state index contributed by atoms with van der Waals surface area (Å²) < 4.78 is 0. The number of amides is 1. The van der Waals surface area contributed by atoms with Crippen LogP contribution in [0.2, 0.25) is 0 Å². The Bertz CT molecular complexity index is 642. The third-order valence-electron chi connectivity index (χ3n) is 4.32. The van der Waals surface area contributed by atoms with Crippen molar-refractivity contribution in [1.82, 2.24) is 4.98 Å². The van der Waals surface area contributed by atoms with Gasteiger partial charge in [0.2, 0.25) is 5.91 Å². The van der Waals surface area contributed by atoms with Crippen LogP contribution in [0.15, 0.2) is 36.7 Å². The molecule has 0 spiro atoms. The van der Waals surface area contributed by atoms with Crippen LogP contribution in [0.5, 0.6) is 0 Å². The summed E-state index contributed by atoms with van der Waals surface area (Å²) >= 11 is 0. The number of nitrogens with one attached hydrogen (secondary N) is 1. The lowest BCUT2D eigenvalue weighted by molar-refractivity contribution is -0.117. The molecule has 4 nitrogen and oxygen atoms in total. The van der Waals surface area contributed by atoms with E-state index >= 15 is 0 Å². The fourth-order valence-electron chi connectivity index (χ4n) is 3.17. The summed E-state index contributed by atoms with van der Waals surface area (Å²) in [5, 5.41) is 5.03. The molecule has 1 aromatic heterocycles. The molecule has 2 aromatic rings. The summed E-state index contributed by atoms with van der Waals surface area (Å²) in [7, 11) is 0. The molecule has 110 valence electrons. The van der Waals surface area contributed by atoms with Gasteiger partial charge in [-0.25, -0.2) is 0 Å². The van der Waals surface area contributed by atoms with Gasteiger partial charge in [0.05, 0.1) is 5.69 Å². The van der Waals surface area contributed by atoms with E-state index in [2.05, 4.69) is 10.3 Å². The molecule has 0 radical (unpaired) electrons. The van der Waals surface area contributed by atoms with Gasteiger partial charge in [-0.1, -0.05) is 31.4 Å². The standard InChI is InChI=1S/C17H21N3O/c18-17(8-2-1-3-9-17)11-16(21)20-15-6-4-5-13-7-10-19-12-14(13)15/h4-7,10,12H,1-3,8-9,11,18H2,(H,20,21). The Morgan fingerprint density at radius 2 is 2.05 bits per heavy atom. The maximum atomic E-state index is 12.3. The highest BCUT2D eigenvalue weighted by Gasteiger charge is 2.30. The summed E-state index contributed by atoms with van der Waals surface area (Å²) in [6.07, 6.45) is 9.30. The zero-order valence-electron chi connectivity index (χ0n) is 12.1. The molecule has 1 heterocycles. The molecule has 0 unspecified atom stereocenters. The summed E-state index contributed by atoms with van der Waals surface area (Å²) in [6.45, 7) is 0. The molecule has 0 aliphatic heterocycles. The molecule has 0 atom stereocenters. The maximum Gasteiger partial charge on any atom is 0.226 e. The number of benzene rings is 1. The topological polar surface area (TPSA) is 68.0 Å². The molecule has 0 saturated heterocycles. The number of aromatic nitrogens is 1. The normalized spacial score (nSPS) is 17.6. The van der Waals surface area contributed by atoms with Gasteiger partial charge in [-0.2, -0.15) is 0 Å². The van der Waals surface area contributed by atoms with Crippen molar-refractivity contribution >= 4 is 22.4 Å². The minimum absolute atomic E-state index is 0.00393. The fraction of sp³-hybridized carbons (Fsp3) is 0.412. The van der Waals surface area contributed by atoms with Gasteiger partial charge in [0.15, 0.2) is 0 Å². The molecule has 1 saturated carbocycles. The molecule has 3 rings (SSSR count). The Morgan fingerprint density at radius 1 is 1.24 bits per heavy atom. The molecule has 1 aromatic carbocycles. The summed E-state index contributed by atoms with van der Waals surface area (Å²) in [5.74, 6) is -0.00393. The molecular weight excluding hydrogens is 262 g/mol. The van der Waals surface area contributed by atoms with Crippen LogP contribution >= 0.6 is 0 Å². The second-order valence-corrected chi connectivity index (χ2v) is 6.05. The number of rotatable bonds is 3. The van der Waals surface area contributed by atoms with E-state index < -0.39 is 0 Å². The number of carbonyl (C=O) groups excluding carboxylic acids is 1.